The van der Waals surface area contributed by atoms with Crippen LogP contribution >= 0.6 is 0 Å². The Hall–Kier alpha value is -1.86. The quantitative estimate of drug-likeness (QED) is 0.810. The van der Waals surface area contributed by atoms with Gasteiger partial charge in [0, 0.05) is 43.2 Å². The third-order valence-electron chi connectivity index (χ3n) is 5.15. The topological polar surface area (TPSA) is 47.1 Å². The van der Waals surface area contributed by atoms with Crippen molar-refractivity contribution in [3.05, 3.63) is 52.4 Å². The lowest BCUT2D eigenvalue weighted by Crippen LogP contribution is -2.38. The number of nitrogens with zero attached hydrogens (tertiary/aromatic N) is 3. The second-order valence-corrected chi connectivity index (χ2v) is 6.78. The van der Waals surface area contributed by atoms with E-state index in [2.05, 4.69) is 9.47 Å². The molecular weight excluding hydrogens is 317 g/mol. The minimum absolute atomic E-state index is 0.134. The van der Waals surface area contributed by atoms with E-state index in [9.17, 15) is 13.2 Å². The minimum Gasteiger partial charge on any atom is -0.329 e. The Morgan fingerprint density at radius 2 is 1.83 bits per heavy atom. The fourth-order valence-corrected chi connectivity index (χ4v) is 3.85. The Labute approximate surface area is 138 Å². The normalized spacial score (nSPS) is 23.9. The summed E-state index contributed by atoms with van der Waals surface area (Å²) in [6, 6.07) is 1.18. The first-order valence-electron chi connectivity index (χ1n) is 8.09. The molecule has 1 aromatic heterocycles. The molecule has 2 unspecified atom stereocenters. The van der Waals surface area contributed by atoms with Crippen molar-refractivity contribution < 1.29 is 13.2 Å². The lowest BCUT2D eigenvalue weighted by Gasteiger charge is -2.31. The molecule has 0 bridgehead atoms. The zero-order valence-corrected chi connectivity index (χ0v) is 13.4. The predicted octanol–water partition coefficient (Wildman–Crippen LogP) is 1.96. The maximum Gasteiger partial charge on any atom is 0.161 e. The monoisotopic (exact) mass is 336 g/mol. The molecule has 1 aliphatic carbocycles. The fraction of sp³-hybridized carbons (Fsp3) is 0.471. The number of rotatable bonds is 1. The smallest absolute Gasteiger partial charge is 0.161 e. The molecule has 0 amide bonds. The van der Waals surface area contributed by atoms with Crippen LogP contribution in [0.5, 0.6) is 0 Å². The highest BCUT2D eigenvalue weighted by atomic mass is 19.2. The third kappa shape index (κ3) is 2.43. The van der Waals surface area contributed by atoms with Crippen LogP contribution in [0.15, 0.2) is 12.1 Å². The second kappa shape index (κ2) is 5.60. The van der Waals surface area contributed by atoms with Gasteiger partial charge in [0.2, 0.25) is 0 Å². The average Bonchev–Trinajstić information content (AvgIpc) is 2.86. The van der Waals surface area contributed by atoms with E-state index in [1.165, 1.54) is 0 Å². The average molecular weight is 336 g/mol. The summed E-state index contributed by atoms with van der Waals surface area (Å²) in [6.45, 7) is 2.59. The molecule has 1 aliphatic heterocycles. The van der Waals surface area contributed by atoms with Gasteiger partial charge in [-0.25, -0.2) is 18.2 Å². The first kappa shape index (κ1) is 15.7. The van der Waals surface area contributed by atoms with Crippen molar-refractivity contribution in [2.75, 3.05) is 13.6 Å². The van der Waals surface area contributed by atoms with Gasteiger partial charge in [0.05, 0.1) is 12.2 Å². The number of halogens is 3. The lowest BCUT2D eigenvalue weighted by molar-refractivity contribution is 0.261. The summed E-state index contributed by atoms with van der Waals surface area (Å²) >= 11 is 0. The van der Waals surface area contributed by atoms with Crippen molar-refractivity contribution >= 4 is 0 Å². The van der Waals surface area contributed by atoms with Gasteiger partial charge in [-0.1, -0.05) is 0 Å². The van der Waals surface area contributed by atoms with Crippen LogP contribution in [0.3, 0.4) is 0 Å². The molecule has 0 saturated heterocycles. The van der Waals surface area contributed by atoms with Crippen LogP contribution in [0.1, 0.15) is 28.7 Å². The summed E-state index contributed by atoms with van der Waals surface area (Å²) in [5.74, 6) is -2.38. The van der Waals surface area contributed by atoms with Gasteiger partial charge in [-0.2, -0.15) is 0 Å². The number of benzene rings is 1. The zero-order chi connectivity index (χ0) is 17.0. The number of imidazole rings is 1. The molecule has 2 heterocycles. The van der Waals surface area contributed by atoms with E-state index < -0.39 is 23.4 Å². The molecule has 2 aromatic rings. The summed E-state index contributed by atoms with van der Waals surface area (Å²) in [6.07, 6.45) is 1.01. The number of nitrogens with two attached hydrogens (primary N) is 1. The van der Waals surface area contributed by atoms with Crippen molar-refractivity contribution in [1.82, 2.24) is 14.5 Å². The van der Waals surface area contributed by atoms with Gasteiger partial charge < -0.3 is 10.3 Å². The molecule has 0 spiro atoms. The summed E-state index contributed by atoms with van der Waals surface area (Å²) in [5, 5.41) is 0. The largest absolute Gasteiger partial charge is 0.329 e. The molecule has 1 aromatic carbocycles. The number of fused-ring (bicyclic) bond motifs is 3. The number of likely N-dealkylation sites (N-methyl/N-ethyl adjacent to an activating group) is 1. The predicted molar refractivity (Wildman–Crippen MR) is 83.0 cm³/mol. The fourth-order valence-electron chi connectivity index (χ4n) is 3.85. The second-order valence-electron chi connectivity index (χ2n) is 6.78. The van der Waals surface area contributed by atoms with Gasteiger partial charge in [0.1, 0.15) is 11.6 Å². The van der Waals surface area contributed by atoms with E-state index >= 15 is 0 Å². The molecule has 0 fully saturated rings. The Morgan fingerprint density at radius 3 is 2.62 bits per heavy atom. The standard InChI is InChI=1S/C17H19F3N4/c1-23-2-3-24-16-7-14(21)10(5-15(16)22-17(24)8-23)9-4-12(19)13(20)6-11(9)18/h4,6,10,14H,2-3,5,7-8,21H2,1H3. The van der Waals surface area contributed by atoms with Crippen molar-refractivity contribution in [3.8, 4) is 0 Å². The van der Waals surface area contributed by atoms with Gasteiger partial charge in [0.15, 0.2) is 11.6 Å². The molecule has 2 aliphatic rings. The molecule has 2 N–H and O–H groups in total. The summed E-state index contributed by atoms with van der Waals surface area (Å²) in [4.78, 5) is 6.89. The highest BCUT2D eigenvalue weighted by molar-refractivity contribution is 5.33. The Bertz CT molecular complexity index is 802. The maximum absolute atomic E-state index is 14.1. The molecule has 128 valence electrons. The van der Waals surface area contributed by atoms with Crippen molar-refractivity contribution in [1.29, 1.82) is 0 Å². The first-order chi connectivity index (χ1) is 11.4. The van der Waals surface area contributed by atoms with Gasteiger partial charge in [0.25, 0.3) is 0 Å². The molecule has 0 radical (unpaired) electrons. The third-order valence-corrected chi connectivity index (χ3v) is 5.15. The highest BCUT2D eigenvalue weighted by Crippen LogP contribution is 2.35. The molecule has 24 heavy (non-hydrogen) atoms. The van der Waals surface area contributed by atoms with E-state index in [0.29, 0.717) is 18.9 Å². The zero-order valence-electron chi connectivity index (χ0n) is 13.4. The Balaban J connectivity index is 1.71. The summed E-state index contributed by atoms with van der Waals surface area (Å²) < 4.78 is 43.1. The lowest BCUT2D eigenvalue weighted by atomic mass is 9.80. The molecule has 4 nitrogen and oxygen atoms in total. The maximum atomic E-state index is 14.1. The van der Waals surface area contributed by atoms with E-state index in [1.54, 1.807) is 0 Å². The highest BCUT2D eigenvalue weighted by Gasteiger charge is 2.34. The number of hydrogen-bond acceptors (Lipinski definition) is 3. The van der Waals surface area contributed by atoms with Crippen LogP contribution in [-0.4, -0.2) is 34.1 Å². The molecule has 2 atom stereocenters. The Kier molecular flexibility index (Phi) is 3.65. The SMILES string of the molecule is CN1CCn2c(nc3c2CC(N)C(c2cc(F)c(F)cc2F)C3)C1. The first-order valence-corrected chi connectivity index (χ1v) is 8.09. The van der Waals surface area contributed by atoms with E-state index in [0.717, 1.165) is 42.9 Å². The molecular formula is C17H19F3N4. The van der Waals surface area contributed by atoms with Gasteiger partial charge in [-0.05, 0) is 25.1 Å². The minimum atomic E-state index is -1.18. The van der Waals surface area contributed by atoms with Crippen molar-refractivity contribution in [2.24, 2.45) is 5.73 Å². The molecule has 4 rings (SSSR count). The summed E-state index contributed by atoms with van der Waals surface area (Å²) in [5.41, 5.74) is 8.40. The molecule has 0 saturated carbocycles. The van der Waals surface area contributed by atoms with Crippen molar-refractivity contribution in [3.63, 3.8) is 0 Å². The van der Waals surface area contributed by atoms with Crippen LogP contribution in [0.2, 0.25) is 0 Å². The van der Waals surface area contributed by atoms with Crippen LogP contribution < -0.4 is 5.73 Å². The molecule has 7 heteroatoms. The van der Waals surface area contributed by atoms with E-state index in [4.69, 9.17) is 10.7 Å². The van der Waals surface area contributed by atoms with Gasteiger partial charge in [-0.15, -0.1) is 0 Å². The van der Waals surface area contributed by atoms with Gasteiger partial charge in [-0.3, -0.25) is 4.90 Å². The number of hydrogen-bond donors (Lipinski definition) is 1. The van der Waals surface area contributed by atoms with Gasteiger partial charge >= 0.3 is 0 Å². The van der Waals surface area contributed by atoms with Crippen LogP contribution in [0.25, 0.3) is 0 Å². The van der Waals surface area contributed by atoms with Crippen molar-refractivity contribution in [2.45, 2.75) is 37.9 Å². The summed E-state index contributed by atoms with van der Waals surface area (Å²) in [7, 11) is 2.04. The van der Waals surface area contributed by atoms with E-state index in [-0.39, 0.29) is 11.6 Å². The van der Waals surface area contributed by atoms with E-state index in [1.807, 2.05) is 7.05 Å². The number of aromatic nitrogens is 2. The Morgan fingerprint density at radius 1 is 1.08 bits per heavy atom. The van der Waals surface area contributed by atoms with Crippen LogP contribution in [0.4, 0.5) is 13.2 Å². The van der Waals surface area contributed by atoms with Crippen LogP contribution in [0, 0.1) is 17.5 Å². The van der Waals surface area contributed by atoms with Crippen LogP contribution in [-0.2, 0) is 25.9 Å².